The first-order valence-electron chi connectivity index (χ1n) is 9.37. The van der Waals surface area contributed by atoms with Gasteiger partial charge in [-0.1, -0.05) is 0 Å². The molecule has 29 heavy (non-hydrogen) atoms. The molecular weight excluding hydrogens is 373 g/mol. The lowest BCUT2D eigenvalue weighted by Gasteiger charge is -2.32. The Morgan fingerprint density at radius 2 is 1.93 bits per heavy atom. The van der Waals surface area contributed by atoms with Crippen molar-refractivity contribution in [2.75, 3.05) is 18.8 Å². The number of likely N-dealkylation sites (tertiary alicyclic amines) is 1. The molecule has 1 aliphatic heterocycles. The van der Waals surface area contributed by atoms with Gasteiger partial charge in [0.1, 0.15) is 11.6 Å². The van der Waals surface area contributed by atoms with Gasteiger partial charge in [0.2, 0.25) is 0 Å². The van der Waals surface area contributed by atoms with Crippen LogP contribution in [-0.2, 0) is 0 Å². The molecule has 1 fully saturated rings. The fraction of sp³-hybridized carbons (Fsp3) is 0.238. The molecule has 2 aromatic heterocycles. The van der Waals surface area contributed by atoms with Crippen LogP contribution in [0.1, 0.15) is 33.6 Å². The van der Waals surface area contributed by atoms with Crippen molar-refractivity contribution in [2.24, 2.45) is 5.92 Å². The van der Waals surface area contributed by atoms with Crippen LogP contribution < -0.4 is 5.73 Å². The number of hydrogen-bond donors (Lipinski definition) is 1. The topological polar surface area (TPSA) is 94.1 Å². The first-order chi connectivity index (χ1) is 14.0. The van der Waals surface area contributed by atoms with Crippen molar-refractivity contribution in [1.82, 2.24) is 19.7 Å². The van der Waals surface area contributed by atoms with Crippen LogP contribution in [0.15, 0.2) is 55.0 Å². The fourth-order valence-corrected chi connectivity index (χ4v) is 3.60. The van der Waals surface area contributed by atoms with Crippen LogP contribution in [0.4, 0.5) is 10.2 Å². The third-order valence-electron chi connectivity index (χ3n) is 5.13. The van der Waals surface area contributed by atoms with Gasteiger partial charge in [0.15, 0.2) is 5.78 Å². The third-order valence-corrected chi connectivity index (χ3v) is 5.13. The molecule has 3 heterocycles. The van der Waals surface area contributed by atoms with E-state index in [0.717, 1.165) is 6.42 Å². The maximum atomic E-state index is 13.2. The normalized spacial score (nSPS) is 16.6. The van der Waals surface area contributed by atoms with Crippen molar-refractivity contribution in [2.45, 2.75) is 12.8 Å². The smallest absolute Gasteiger partial charge is 0.255 e. The van der Waals surface area contributed by atoms with Crippen molar-refractivity contribution in [3.63, 3.8) is 0 Å². The highest BCUT2D eigenvalue weighted by Gasteiger charge is 2.31. The molecule has 1 saturated heterocycles. The summed E-state index contributed by atoms with van der Waals surface area (Å²) >= 11 is 0. The molecule has 148 valence electrons. The Labute approximate surface area is 167 Å². The number of halogens is 1. The first-order valence-corrected chi connectivity index (χ1v) is 9.37. The largest absolute Gasteiger partial charge is 0.383 e. The molecule has 1 aliphatic rings. The Morgan fingerprint density at radius 3 is 2.66 bits per heavy atom. The number of rotatable bonds is 4. The summed E-state index contributed by atoms with van der Waals surface area (Å²) < 4.78 is 14.6. The number of piperidine rings is 1. The number of aromatic nitrogens is 3. The molecule has 0 bridgehead atoms. The van der Waals surface area contributed by atoms with Gasteiger partial charge >= 0.3 is 0 Å². The zero-order chi connectivity index (χ0) is 20.4. The molecule has 1 amide bonds. The van der Waals surface area contributed by atoms with E-state index >= 15 is 0 Å². The highest BCUT2D eigenvalue weighted by atomic mass is 19.1. The SMILES string of the molecule is Nc1c(C(=O)[C@@H]2CCCN(C(=O)c3cccnc3)C2)cnn1-c1ccc(F)cc1. The van der Waals surface area contributed by atoms with Crippen LogP contribution >= 0.6 is 0 Å². The van der Waals surface area contributed by atoms with E-state index < -0.39 is 0 Å². The van der Waals surface area contributed by atoms with Crippen LogP contribution in [-0.4, -0.2) is 44.4 Å². The Balaban J connectivity index is 1.52. The summed E-state index contributed by atoms with van der Waals surface area (Å²) in [5, 5.41) is 4.19. The zero-order valence-electron chi connectivity index (χ0n) is 15.7. The van der Waals surface area contributed by atoms with E-state index in [1.165, 1.54) is 29.2 Å². The molecule has 0 aliphatic carbocycles. The number of hydrogen-bond acceptors (Lipinski definition) is 5. The summed E-state index contributed by atoms with van der Waals surface area (Å²) in [5.74, 6) is -0.781. The van der Waals surface area contributed by atoms with E-state index in [0.29, 0.717) is 36.3 Å². The molecule has 3 aromatic rings. The molecule has 0 radical (unpaired) electrons. The van der Waals surface area contributed by atoms with Gasteiger partial charge in [-0.05, 0) is 49.2 Å². The predicted octanol–water partition coefficient (Wildman–Crippen LogP) is 2.72. The number of anilines is 1. The van der Waals surface area contributed by atoms with E-state index in [9.17, 15) is 14.0 Å². The minimum absolute atomic E-state index is 0.134. The fourth-order valence-electron chi connectivity index (χ4n) is 3.60. The number of pyridine rings is 1. The van der Waals surface area contributed by atoms with Crippen molar-refractivity contribution in [3.8, 4) is 5.69 Å². The number of ketones is 1. The van der Waals surface area contributed by atoms with Gasteiger partial charge in [0, 0.05) is 31.4 Å². The molecule has 0 spiro atoms. The Kier molecular flexibility index (Phi) is 5.07. The molecule has 0 saturated carbocycles. The monoisotopic (exact) mass is 393 g/mol. The Morgan fingerprint density at radius 1 is 1.14 bits per heavy atom. The van der Waals surface area contributed by atoms with Gasteiger partial charge in [-0.25, -0.2) is 9.07 Å². The van der Waals surface area contributed by atoms with E-state index in [-0.39, 0.29) is 29.2 Å². The highest BCUT2D eigenvalue weighted by Crippen LogP contribution is 2.26. The number of Topliss-reactive ketones (excluding diaryl/α,β-unsaturated/α-hetero) is 1. The molecule has 7 nitrogen and oxygen atoms in total. The second kappa shape index (κ2) is 7.83. The minimum atomic E-state index is -0.364. The van der Waals surface area contributed by atoms with Gasteiger partial charge in [-0.15, -0.1) is 0 Å². The maximum absolute atomic E-state index is 13.2. The van der Waals surface area contributed by atoms with Gasteiger partial charge in [-0.2, -0.15) is 5.10 Å². The van der Waals surface area contributed by atoms with Crippen molar-refractivity contribution in [1.29, 1.82) is 0 Å². The second-order valence-corrected chi connectivity index (χ2v) is 7.03. The van der Waals surface area contributed by atoms with Gasteiger partial charge < -0.3 is 10.6 Å². The lowest BCUT2D eigenvalue weighted by Crippen LogP contribution is -2.42. The number of benzene rings is 1. The summed E-state index contributed by atoms with van der Waals surface area (Å²) in [6.45, 7) is 0.926. The number of nitrogens with zero attached hydrogens (tertiary/aromatic N) is 4. The van der Waals surface area contributed by atoms with Crippen LogP contribution in [0.25, 0.3) is 5.69 Å². The molecule has 4 rings (SSSR count). The average molecular weight is 393 g/mol. The molecule has 2 N–H and O–H groups in total. The second-order valence-electron chi connectivity index (χ2n) is 7.03. The van der Waals surface area contributed by atoms with Gasteiger partial charge in [0.05, 0.1) is 23.0 Å². The zero-order valence-corrected chi connectivity index (χ0v) is 15.7. The summed E-state index contributed by atoms with van der Waals surface area (Å²) in [5.41, 5.74) is 7.55. The number of carbonyl (C=O) groups is 2. The molecule has 1 atom stereocenters. The van der Waals surface area contributed by atoms with Crippen LogP contribution in [0.5, 0.6) is 0 Å². The maximum Gasteiger partial charge on any atom is 0.255 e. The van der Waals surface area contributed by atoms with E-state index in [1.807, 2.05) is 0 Å². The average Bonchev–Trinajstić information content (AvgIpc) is 3.15. The van der Waals surface area contributed by atoms with Crippen molar-refractivity contribution >= 4 is 17.5 Å². The third kappa shape index (κ3) is 3.73. The summed E-state index contributed by atoms with van der Waals surface area (Å²) in [7, 11) is 0. The lowest BCUT2D eigenvalue weighted by atomic mass is 9.90. The highest BCUT2D eigenvalue weighted by molar-refractivity contribution is 6.02. The quantitative estimate of drug-likeness (QED) is 0.688. The number of nitrogens with two attached hydrogens (primary N) is 1. The Hall–Kier alpha value is -3.55. The van der Waals surface area contributed by atoms with Crippen LogP contribution in [0.2, 0.25) is 0 Å². The van der Waals surface area contributed by atoms with Crippen LogP contribution in [0.3, 0.4) is 0 Å². The first kappa shape index (κ1) is 18.8. The number of amides is 1. The predicted molar refractivity (Wildman–Crippen MR) is 105 cm³/mol. The molecular formula is C21H20FN5O2. The summed E-state index contributed by atoms with van der Waals surface area (Å²) in [6, 6.07) is 9.13. The summed E-state index contributed by atoms with van der Waals surface area (Å²) in [4.78, 5) is 31.4. The molecule has 0 unspecified atom stereocenters. The van der Waals surface area contributed by atoms with Gasteiger partial charge in [-0.3, -0.25) is 14.6 Å². The van der Waals surface area contributed by atoms with E-state index in [2.05, 4.69) is 10.1 Å². The lowest BCUT2D eigenvalue weighted by molar-refractivity contribution is 0.0637. The molecule has 1 aromatic carbocycles. The van der Waals surface area contributed by atoms with E-state index in [1.54, 1.807) is 35.4 Å². The summed E-state index contributed by atoms with van der Waals surface area (Å²) in [6.07, 6.45) is 5.98. The van der Waals surface area contributed by atoms with E-state index in [4.69, 9.17) is 5.73 Å². The van der Waals surface area contributed by atoms with Crippen molar-refractivity contribution < 1.29 is 14.0 Å². The Bertz CT molecular complexity index is 1030. The minimum Gasteiger partial charge on any atom is -0.383 e. The standard InChI is InChI=1S/C21H20FN5O2/c22-16-5-7-17(8-6-16)27-20(23)18(12-25-27)19(28)15-4-2-10-26(13-15)21(29)14-3-1-9-24-11-14/h1,3,5-9,11-12,15H,2,4,10,13,23H2/t15-/m1/s1. The number of carbonyl (C=O) groups excluding carboxylic acids is 2. The van der Waals surface area contributed by atoms with Gasteiger partial charge in [0.25, 0.3) is 5.91 Å². The van der Waals surface area contributed by atoms with Crippen LogP contribution in [0, 0.1) is 11.7 Å². The number of nitrogen functional groups attached to an aromatic ring is 1. The molecule has 8 heteroatoms. The van der Waals surface area contributed by atoms with Crippen molar-refractivity contribution in [3.05, 3.63) is 71.9 Å².